The third-order valence-electron chi connectivity index (χ3n) is 4.92. The molecule has 1 unspecified atom stereocenters. The molecule has 2 aromatic carbocycles. The molecule has 166 valence electrons. The van der Waals surface area contributed by atoms with E-state index in [1.54, 1.807) is 4.90 Å². The number of fused-ring (bicyclic) bond motifs is 3. The summed E-state index contributed by atoms with van der Waals surface area (Å²) in [5.41, 5.74) is 2.81. The molecule has 0 fully saturated rings. The van der Waals surface area contributed by atoms with E-state index in [9.17, 15) is 4.79 Å². The van der Waals surface area contributed by atoms with Gasteiger partial charge in [-0.2, -0.15) is 4.98 Å². The molecule has 0 spiro atoms. The number of hydrogen-bond donors (Lipinski definition) is 0. The van der Waals surface area contributed by atoms with E-state index in [0.717, 1.165) is 35.5 Å². The Labute approximate surface area is 192 Å². The number of nitrogens with zero attached hydrogens (tertiary/aromatic N) is 4. The molecule has 0 saturated carbocycles. The van der Waals surface area contributed by atoms with Crippen LogP contribution in [-0.4, -0.2) is 33.4 Å². The topological polar surface area (TPSA) is 77.4 Å². The molecule has 0 N–H and O–H groups in total. The van der Waals surface area contributed by atoms with Crippen LogP contribution in [0.15, 0.2) is 53.7 Å². The van der Waals surface area contributed by atoms with Crippen LogP contribution in [0.3, 0.4) is 0 Å². The summed E-state index contributed by atoms with van der Waals surface area (Å²) in [7, 11) is 0. The first kappa shape index (κ1) is 22.1. The molecule has 0 radical (unpaired) electrons. The van der Waals surface area contributed by atoms with E-state index in [0.29, 0.717) is 29.0 Å². The van der Waals surface area contributed by atoms with E-state index in [-0.39, 0.29) is 5.91 Å². The summed E-state index contributed by atoms with van der Waals surface area (Å²) in [4.78, 5) is 19.1. The molecule has 4 rings (SSSR count). The Balaban J connectivity index is 1.80. The third kappa shape index (κ3) is 4.55. The predicted molar refractivity (Wildman–Crippen MR) is 125 cm³/mol. The van der Waals surface area contributed by atoms with Crippen molar-refractivity contribution in [2.75, 3.05) is 17.3 Å². The lowest BCUT2D eigenvalue weighted by Crippen LogP contribution is -2.36. The van der Waals surface area contributed by atoms with Gasteiger partial charge in [0.25, 0.3) is 0 Å². The lowest BCUT2D eigenvalue weighted by molar-refractivity contribution is -0.118. The second-order valence-corrected chi connectivity index (χ2v) is 8.45. The summed E-state index contributed by atoms with van der Waals surface area (Å²) in [6.45, 7) is 6.35. The first-order chi connectivity index (χ1) is 15.6. The van der Waals surface area contributed by atoms with Crippen LogP contribution in [0.2, 0.25) is 0 Å². The third-order valence-corrected chi connectivity index (χ3v) is 5.97. The Morgan fingerprint density at radius 3 is 2.59 bits per heavy atom. The quantitative estimate of drug-likeness (QED) is 0.454. The second-order valence-electron chi connectivity index (χ2n) is 7.39. The highest BCUT2D eigenvalue weighted by Gasteiger charge is 2.34. The fraction of sp³-hybridized carbons (Fsp3) is 0.333. The standard InChI is InChI=1S/C24H26N4O3S/c1-4-14-30-18-12-10-17(11-13-18)23-28(16(3)29)20-9-7-6-8-19(20)21-22(31-23)25-24(27-26-21)32-15-5-2/h6-13,23H,4-5,14-15H2,1-3H3. The van der Waals surface area contributed by atoms with Crippen molar-refractivity contribution in [1.29, 1.82) is 0 Å². The van der Waals surface area contributed by atoms with Crippen molar-refractivity contribution >= 4 is 23.4 Å². The summed E-state index contributed by atoms with van der Waals surface area (Å²) in [6, 6.07) is 15.2. The van der Waals surface area contributed by atoms with Crippen molar-refractivity contribution in [2.45, 2.75) is 45.0 Å². The van der Waals surface area contributed by atoms with E-state index >= 15 is 0 Å². The van der Waals surface area contributed by atoms with Gasteiger partial charge in [-0.3, -0.25) is 9.69 Å². The Morgan fingerprint density at radius 1 is 1.09 bits per heavy atom. The molecule has 1 aromatic heterocycles. The van der Waals surface area contributed by atoms with Gasteiger partial charge in [-0.1, -0.05) is 43.8 Å². The highest BCUT2D eigenvalue weighted by atomic mass is 32.2. The Bertz CT molecular complexity index is 1090. The lowest BCUT2D eigenvalue weighted by Gasteiger charge is -2.30. The number of thioether (sulfide) groups is 1. The fourth-order valence-corrected chi connectivity index (χ4v) is 4.11. The Morgan fingerprint density at radius 2 is 1.88 bits per heavy atom. The zero-order valence-electron chi connectivity index (χ0n) is 18.4. The van der Waals surface area contributed by atoms with Crippen molar-refractivity contribution in [3.8, 4) is 22.9 Å². The maximum absolute atomic E-state index is 12.8. The highest BCUT2D eigenvalue weighted by molar-refractivity contribution is 7.99. The van der Waals surface area contributed by atoms with Crippen molar-refractivity contribution in [2.24, 2.45) is 0 Å². The highest BCUT2D eigenvalue weighted by Crippen LogP contribution is 2.43. The van der Waals surface area contributed by atoms with Crippen LogP contribution in [0.4, 0.5) is 5.69 Å². The largest absolute Gasteiger partial charge is 0.494 e. The second kappa shape index (κ2) is 9.99. The summed E-state index contributed by atoms with van der Waals surface area (Å²) in [6.07, 6.45) is 1.24. The monoisotopic (exact) mass is 450 g/mol. The maximum Gasteiger partial charge on any atom is 0.247 e. The Kier molecular flexibility index (Phi) is 6.90. The van der Waals surface area contributed by atoms with Crippen LogP contribution in [-0.2, 0) is 4.79 Å². The molecule has 7 nitrogen and oxygen atoms in total. The molecular weight excluding hydrogens is 424 g/mol. The van der Waals surface area contributed by atoms with Crippen molar-refractivity contribution in [3.63, 3.8) is 0 Å². The smallest absolute Gasteiger partial charge is 0.247 e. The minimum absolute atomic E-state index is 0.143. The van der Waals surface area contributed by atoms with Gasteiger partial charge in [0.2, 0.25) is 23.2 Å². The van der Waals surface area contributed by atoms with Crippen molar-refractivity contribution in [1.82, 2.24) is 15.2 Å². The predicted octanol–water partition coefficient (Wildman–Crippen LogP) is 5.27. The van der Waals surface area contributed by atoms with Gasteiger partial charge < -0.3 is 9.47 Å². The fourth-order valence-electron chi connectivity index (χ4n) is 3.47. The summed E-state index contributed by atoms with van der Waals surface area (Å²) in [5.74, 6) is 1.89. The number of hydrogen-bond acceptors (Lipinski definition) is 7. The van der Waals surface area contributed by atoms with Crippen LogP contribution >= 0.6 is 11.8 Å². The number of anilines is 1. The normalized spacial score (nSPS) is 14.7. The first-order valence-corrected chi connectivity index (χ1v) is 11.8. The van der Waals surface area contributed by atoms with Crippen molar-refractivity contribution < 1.29 is 14.3 Å². The number of rotatable bonds is 7. The molecule has 32 heavy (non-hydrogen) atoms. The molecule has 1 aliphatic rings. The van der Waals surface area contributed by atoms with Crippen LogP contribution in [0.5, 0.6) is 11.6 Å². The lowest BCUT2D eigenvalue weighted by atomic mass is 10.1. The molecule has 1 atom stereocenters. The average Bonchev–Trinajstić information content (AvgIpc) is 2.96. The number of ether oxygens (including phenoxy) is 2. The number of benzene rings is 2. The number of para-hydroxylation sites is 1. The van der Waals surface area contributed by atoms with Crippen LogP contribution in [0.1, 0.15) is 45.4 Å². The van der Waals surface area contributed by atoms with Crippen LogP contribution in [0.25, 0.3) is 11.3 Å². The molecule has 0 aliphatic carbocycles. The first-order valence-electron chi connectivity index (χ1n) is 10.8. The molecular formula is C24H26N4O3S. The zero-order valence-corrected chi connectivity index (χ0v) is 19.3. The van der Waals surface area contributed by atoms with E-state index in [4.69, 9.17) is 9.47 Å². The van der Waals surface area contributed by atoms with Gasteiger partial charge in [0.1, 0.15) is 5.75 Å². The minimum Gasteiger partial charge on any atom is -0.494 e. The van der Waals surface area contributed by atoms with Gasteiger partial charge in [-0.15, -0.1) is 10.2 Å². The van der Waals surface area contributed by atoms with Crippen LogP contribution in [0, 0.1) is 0 Å². The van der Waals surface area contributed by atoms with Crippen LogP contribution < -0.4 is 14.4 Å². The molecule has 0 saturated heterocycles. The minimum atomic E-state index is -0.698. The number of amides is 1. The summed E-state index contributed by atoms with van der Waals surface area (Å²) in [5, 5.41) is 9.26. The maximum atomic E-state index is 12.8. The number of carbonyl (C=O) groups excluding carboxylic acids is 1. The average molecular weight is 451 g/mol. The number of aromatic nitrogens is 3. The molecule has 1 aliphatic heterocycles. The Hall–Kier alpha value is -3.13. The molecule has 1 amide bonds. The molecule has 8 heteroatoms. The van der Waals surface area contributed by atoms with Gasteiger partial charge in [-0.05, 0) is 43.2 Å². The van der Waals surface area contributed by atoms with E-state index < -0.39 is 6.23 Å². The van der Waals surface area contributed by atoms with Gasteiger partial charge in [0.15, 0.2) is 5.69 Å². The summed E-state index contributed by atoms with van der Waals surface area (Å²) < 4.78 is 12.1. The van der Waals surface area contributed by atoms with Crippen molar-refractivity contribution in [3.05, 3.63) is 54.1 Å². The molecule has 3 aromatic rings. The number of carbonyl (C=O) groups is 1. The molecule has 2 heterocycles. The zero-order chi connectivity index (χ0) is 22.5. The van der Waals surface area contributed by atoms with Gasteiger partial charge in [0.05, 0.1) is 12.3 Å². The molecule has 0 bridgehead atoms. The van der Waals surface area contributed by atoms with Gasteiger partial charge >= 0.3 is 0 Å². The van der Waals surface area contributed by atoms with Gasteiger partial charge in [0, 0.05) is 23.8 Å². The summed E-state index contributed by atoms with van der Waals surface area (Å²) >= 11 is 1.53. The van der Waals surface area contributed by atoms with E-state index in [1.807, 2.05) is 48.5 Å². The van der Waals surface area contributed by atoms with E-state index in [2.05, 4.69) is 29.0 Å². The van der Waals surface area contributed by atoms with E-state index in [1.165, 1.54) is 18.7 Å². The van der Waals surface area contributed by atoms with Gasteiger partial charge in [-0.25, -0.2) is 0 Å². The SMILES string of the molecule is CCCOc1ccc(C2Oc3nc(SCCC)nnc3-c3ccccc3N2C(C)=O)cc1.